The maximum Gasteiger partial charge on any atom is 0.0648 e. The molecule has 1 saturated heterocycles. The highest BCUT2D eigenvalue weighted by atomic mass is 15.0. The van der Waals surface area contributed by atoms with Crippen LogP contribution in [0.3, 0.4) is 0 Å². The van der Waals surface area contributed by atoms with Crippen molar-refractivity contribution in [3.8, 4) is 0 Å². The lowest BCUT2D eigenvalue weighted by atomic mass is 9.95. The van der Waals surface area contributed by atoms with Crippen LogP contribution in [0.1, 0.15) is 31.0 Å². The SMILES string of the molecule is CNC(c1ccccn1)C1CCCCN1. The van der Waals surface area contributed by atoms with Crippen LogP contribution in [-0.4, -0.2) is 24.6 Å². The lowest BCUT2D eigenvalue weighted by Crippen LogP contribution is -2.43. The van der Waals surface area contributed by atoms with E-state index in [1.165, 1.54) is 19.3 Å². The standard InChI is InChI=1S/C12H19N3/c1-13-12(10-6-2-4-8-14-10)11-7-3-5-9-15-11/h2,4,6,8,11-13,15H,3,5,7,9H2,1H3. The predicted octanol–water partition coefficient (Wildman–Crippen LogP) is 1.48. The lowest BCUT2D eigenvalue weighted by molar-refractivity contribution is 0.322. The molecule has 1 aromatic heterocycles. The molecule has 3 heteroatoms. The van der Waals surface area contributed by atoms with Crippen LogP contribution in [0.15, 0.2) is 24.4 Å². The zero-order valence-corrected chi connectivity index (χ0v) is 9.24. The van der Waals surface area contributed by atoms with Gasteiger partial charge in [-0.05, 0) is 38.6 Å². The molecule has 2 unspecified atom stereocenters. The molecule has 0 bridgehead atoms. The Hall–Kier alpha value is -0.930. The molecule has 0 aliphatic carbocycles. The minimum Gasteiger partial charge on any atom is -0.312 e. The summed E-state index contributed by atoms with van der Waals surface area (Å²) in [6, 6.07) is 6.97. The first-order valence-electron chi connectivity index (χ1n) is 5.73. The number of hydrogen-bond donors (Lipinski definition) is 2. The maximum absolute atomic E-state index is 4.42. The first-order valence-corrected chi connectivity index (χ1v) is 5.73. The quantitative estimate of drug-likeness (QED) is 0.785. The molecule has 0 aromatic carbocycles. The second-order valence-corrected chi connectivity index (χ2v) is 4.08. The monoisotopic (exact) mass is 205 g/mol. The number of piperidine rings is 1. The number of hydrogen-bond acceptors (Lipinski definition) is 3. The molecular weight excluding hydrogens is 186 g/mol. The van der Waals surface area contributed by atoms with Gasteiger partial charge in [0.15, 0.2) is 0 Å². The topological polar surface area (TPSA) is 37.0 Å². The minimum absolute atomic E-state index is 0.339. The predicted molar refractivity (Wildman–Crippen MR) is 61.7 cm³/mol. The zero-order chi connectivity index (χ0) is 10.5. The van der Waals surface area contributed by atoms with E-state index in [0.29, 0.717) is 12.1 Å². The van der Waals surface area contributed by atoms with Crippen LogP contribution in [0.4, 0.5) is 0 Å². The Morgan fingerprint density at radius 3 is 3.00 bits per heavy atom. The van der Waals surface area contributed by atoms with Crippen LogP contribution in [0.25, 0.3) is 0 Å². The fourth-order valence-electron chi connectivity index (χ4n) is 2.28. The lowest BCUT2D eigenvalue weighted by Gasteiger charge is -2.30. The van der Waals surface area contributed by atoms with Crippen LogP contribution in [0, 0.1) is 0 Å². The molecule has 0 amide bonds. The number of pyridine rings is 1. The summed E-state index contributed by atoms with van der Waals surface area (Å²) in [7, 11) is 2.01. The van der Waals surface area contributed by atoms with Gasteiger partial charge in [-0.2, -0.15) is 0 Å². The molecule has 82 valence electrons. The van der Waals surface area contributed by atoms with Crippen LogP contribution < -0.4 is 10.6 Å². The van der Waals surface area contributed by atoms with E-state index in [9.17, 15) is 0 Å². The summed E-state index contributed by atoms with van der Waals surface area (Å²) >= 11 is 0. The Balaban J connectivity index is 2.09. The van der Waals surface area contributed by atoms with Crippen molar-refractivity contribution in [1.82, 2.24) is 15.6 Å². The molecule has 1 fully saturated rings. The number of aromatic nitrogens is 1. The zero-order valence-electron chi connectivity index (χ0n) is 9.24. The van der Waals surface area contributed by atoms with Crippen LogP contribution in [0.2, 0.25) is 0 Å². The Morgan fingerprint density at radius 1 is 1.47 bits per heavy atom. The summed E-state index contributed by atoms with van der Waals surface area (Å²) < 4.78 is 0. The third kappa shape index (κ3) is 2.55. The van der Waals surface area contributed by atoms with E-state index in [-0.39, 0.29) is 0 Å². The molecule has 2 atom stereocenters. The first kappa shape index (κ1) is 10.6. The number of nitrogens with one attached hydrogen (secondary N) is 2. The highest BCUT2D eigenvalue weighted by Crippen LogP contribution is 2.20. The molecule has 1 aliphatic heterocycles. The molecule has 15 heavy (non-hydrogen) atoms. The van der Waals surface area contributed by atoms with E-state index in [1.54, 1.807) is 0 Å². The number of nitrogens with zero attached hydrogens (tertiary/aromatic N) is 1. The molecule has 2 rings (SSSR count). The van der Waals surface area contributed by atoms with Crippen molar-refractivity contribution in [2.45, 2.75) is 31.3 Å². The fraction of sp³-hybridized carbons (Fsp3) is 0.583. The smallest absolute Gasteiger partial charge is 0.0648 e. The molecule has 3 nitrogen and oxygen atoms in total. The molecule has 2 N–H and O–H groups in total. The van der Waals surface area contributed by atoms with E-state index in [0.717, 1.165) is 12.2 Å². The average molecular weight is 205 g/mol. The van der Waals surface area contributed by atoms with Gasteiger partial charge in [-0.1, -0.05) is 12.5 Å². The van der Waals surface area contributed by atoms with Gasteiger partial charge in [-0.25, -0.2) is 0 Å². The maximum atomic E-state index is 4.42. The fourth-order valence-corrected chi connectivity index (χ4v) is 2.28. The van der Waals surface area contributed by atoms with Crippen molar-refractivity contribution < 1.29 is 0 Å². The number of likely N-dealkylation sites (N-methyl/N-ethyl adjacent to an activating group) is 1. The second-order valence-electron chi connectivity index (χ2n) is 4.08. The molecule has 0 radical (unpaired) electrons. The van der Waals surface area contributed by atoms with Crippen molar-refractivity contribution >= 4 is 0 Å². The van der Waals surface area contributed by atoms with Gasteiger partial charge >= 0.3 is 0 Å². The molecule has 2 heterocycles. The summed E-state index contributed by atoms with van der Waals surface area (Å²) in [6.45, 7) is 1.13. The largest absolute Gasteiger partial charge is 0.312 e. The van der Waals surface area contributed by atoms with Gasteiger partial charge in [0.05, 0.1) is 11.7 Å². The summed E-state index contributed by atoms with van der Waals surface area (Å²) in [6.07, 6.45) is 5.72. The van der Waals surface area contributed by atoms with E-state index in [1.807, 2.05) is 19.3 Å². The first-order chi connectivity index (χ1) is 7.42. The van der Waals surface area contributed by atoms with Gasteiger partial charge in [0.2, 0.25) is 0 Å². The molecule has 1 aromatic rings. The normalized spacial score (nSPS) is 23.7. The third-order valence-electron chi connectivity index (χ3n) is 3.07. The van der Waals surface area contributed by atoms with Gasteiger partial charge in [-0.15, -0.1) is 0 Å². The summed E-state index contributed by atoms with van der Waals surface area (Å²) in [5, 5.41) is 6.93. The Bertz CT molecular complexity index is 280. The number of rotatable bonds is 3. The van der Waals surface area contributed by atoms with Crippen molar-refractivity contribution in [2.24, 2.45) is 0 Å². The van der Waals surface area contributed by atoms with Crippen LogP contribution in [0.5, 0.6) is 0 Å². The van der Waals surface area contributed by atoms with Crippen LogP contribution >= 0.6 is 0 Å². The van der Waals surface area contributed by atoms with Crippen molar-refractivity contribution in [1.29, 1.82) is 0 Å². The molecule has 0 spiro atoms. The summed E-state index contributed by atoms with van der Waals surface area (Å²) in [4.78, 5) is 4.42. The van der Waals surface area contributed by atoms with Gasteiger partial charge < -0.3 is 10.6 Å². The summed E-state index contributed by atoms with van der Waals surface area (Å²) in [5.41, 5.74) is 1.14. The van der Waals surface area contributed by atoms with Gasteiger partial charge in [0, 0.05) is 12.2 Å². The Morgan fingerprint density at radius 2 is 2.40 bits per heavy atom. The van der Waals surface area contributed by atoms with Gasteiger partial charge in [-0.3, -0.25) is 4.98 Å². The minimum atomic E-state index is 0.339. The van der Waals surface area contributed by atoms with Crippen molar-refractivity contribution in [3.63, 3.8) is 0 Å². The molecule has 0 saturated carbocycles. The molecule has 1 aliphatic rings. The van der Waals surface area contributed by atoms with Crippen LogP contribution in [-0.2, 0) is 0 Å². The Kier molecular flexibility index (Phi) is 3.69. The van der Waals surface area contributed by atoms with E-state index < -0.39 is 0 Å². The van der Waals surface area contributed by atoms with Gasteiger partial charge in [0.1, 0.15) is 0 Å². The second kappa shape index (κ2) is 5.24. The van der Waals surface area contributed by atoms with Crippen molar-refractivity contribution in [3.05, 3.63) is 30.1 Å². The van der Waals surface area contributed by atoms with E-state index in [4.69, 9.17) is 0 Å². The highest BCUT2D eigenvalue weighted by molar-refractivity contribution is 5.11. The Labute approximate surface area is 91.3 Å². The third-order valence-corrected chi connectivity index (χ3v) is 3.07. The molecular formula is C12H19N3. The highest BCUT2D eigenvalue weighted by Gasteiger charge is 2.23. The van der Waals surface area contributed by atoms with Gasteiger partial charge in [0.25, 0.3) is 0 Å². The average Bonchev–Trinajstić information content (AvgIpc) is 2.33. The summed E-state index contributed by atoms with van der Waals surface area (Å²) in [5.74, 6) is 0. The van der Waals surface area contributed by atoms with E-state index in [2.05, 4.69) is 27.8 Å². The van der Waals surface area contributed by atoms with Crippen molar-refractivity contribution in [2.75, 3.05) is 13.6 Å². The van der Waals surface area contributed by atoms with E-state index >= 15 is 0 Å².